The normalized spacial score (nSPS) is 27.4. The Hall–Kier alpha value is -0.160. The molecule has 4 saturated heterocycles. The fraction of sp³-hybridized carbons (Fsp3) is 1.00. The van der Waals surface area contributed by atoms with Crippen LogP contribution in [0.3, 0.4) is 0 Å². The lowest BCUT2D eigenvalue weighted by molar-refractivity contribution is -0.0750. The lowest BCUT2D eigenvalue weighted by Gasteiger charge is -2.57. The van der Waals surface area contributed by atoms with Gasteiger partial charge in [-0.25, -0.2) is 0 Å². The highest BCUT2D eigenvalue weighted by atomic mass is 15.3. The summed E-state index contributed by atoms with van der Waals surface area (Å²) in [6.45, 7) is 29.3. The van der Waals surface area contributed by atoms with Crippen LogP contribution in [-0.2, 0) is 0 Å². The molecule has 2 spiro atoms. The average molecular weight is 449 g/mol. The van der Waals surface area contributed by atoms with E-state index in [2.05, 4.69) is 75.0 Å². The molecule has 0 bridgehead atoms. The molecule has 4 heteroatoms. The first-order chi connectivity index (χ1) is 15.0. The van der Waals surface area contributed by atoms with Gasteiger partial charge in [0.1, 0.15) is 0 Å². The first kappa shape index (κ1) is 26.4. The van der Waals surface area contributed by atoms with Gasteiger partial charge in [-0.3, -0.25) is 4.90 Å². The van der Waals surface area contributed by atoms with Crippen molar-refractivity contribution in [1.82, 2.24) is 19.6 Å². The number of likely N-dealkylation sites (tertiary alicyclic amines) is 4. The smallest absolute Gasteiger partial charge is 0.00856 e. The van der Waals surface area contributed by atoms with Gasteiger partial charge in [0.15, 0.2) is 0 Å². The van der Waals surface area contributed by atoms with Crippen LogP contribution in [0.2, 0.25) is 0 Å². The molecule has 0 N–H and O–H groups in total. The maximum absolute atomic E-state index is 2.70. The maximum Gasteiger partial charge on any atom is 0.00856 e. The van der Waals surface area contributed by atoms with Crippen molar-refractivity contribution in [2.75, 3.05) is 52.4 Å². The van der Waals surface area contributed by atoms with Crippen LogP contribution in [-0.4, -0.2) is 96.1 Å². The van der Waals surface area contributed by atoms with Gasteiger partial charge in [-0.2, -0.15) is 0 Å². The van der Waals surface area contributed by atoms with Gasteiger partial charge in [0.05, 0.1) is 0 Å². The van der Waals surface area contributed by atoms with Gasteiger partial charge in [-0.15, -0.1) is 0 Å². The van der Waals surface area contributed by atoms with Gasteiger partial charge < -0.3 is 14.7 Å². The molecule has 4 aliphatic rings. The van der Waals surface area contributed by atoms with Crippen molar-refractivity contribution in [3.05, 3.63) is 0 Å². The van der Waals surface area contributed by atoms with Gasteiger partial charge >= 0.3 is 0 Å². The molecule has 0 unspecified atom stereocenters. The zero-order chi connectivity index (χ0) is 23.5. The third-order valence-corrected chi connectivity index (χ3v) is 9.24. The number of rotatable bonds is 4. The number of piperidine rings is 3. The molecule has 0 aromatic rings. The van der Waals surface area contributed by atoms with E-state index in [1.807, 2.05) is 0 Å². The summed E-state index contributed by atoms with van der Waals surface area (Å²) in [4.78, 5) is 10.6. The molecular formula is C28H56N4. The van der Waals surface area contributed by atoms with Crippen LogP contribution < -0.4 is 0 Å². The van der Waals surface area contributed by atoms with Crippen molar-refractivity contribution in [1.29, 1.82) is 0 Å². The van der Waals surface area contributed by atoms with Gasteiger partial charge in [0.25, 0.3) is 0 Å². The molecule has 0 aromatic carbocycles. The van der Waals surface area contributed by atoms with E-state index in [0.717, 1.165) is 24.2 Å². The Balaban J connectivity index is 0.000000182. The zero-order valence-corrected chi connectivity index (χ0v) is 23.0. The van der Waals surface area contributed by atoms with E-state index < -0.39 is 0 Å². The molecule has 0 aromatic heterocycles. The van der Waals surface area contributed by atoms with E-state index in [4.69, 9.17) is 0 Å². The quantitative estimate of drug-likeness (QED) is 0.587. The molecule has 4 heterocycles. The second-order valence-electron chi connectivity index (χ2n) is 13.0. The summed E-state index contributed by atoms with van der Waals surface area (Å²) in [6, 6.07) is 2.94. The molecule has 188 valence electrons. The van der Waals surface area contributed by atoms with E-state index >= 15 is 0 Å². The van der Waals surface area contributed by atoms with E-state index in [-0.39, 0.29) is 0 Å². The molecule has 0 aliphatic carbocycles. The Morgan fingerprint density at radius 2 is 0.781 bits per heavy atom. The van der Waals surface area contributed by atoms with E-state index in [9.17, 15) is 0 Å². The van der Waals surface area contributed by atoms with Gasteiger partial charge in [0.2, 0.25) is 0 Å². The molecule has 0 atom stereocenters. The summed E-state index contributed by atoms with van der Waals surface area (Å²) in [7, 11) is 0. The van der Waals surface area contributed by atoms with Gasteiger partial charge in [-0.1, -0.05) is 0 Å². The summed E-state index contributed by atoms with van der Waals surface area (Å²) in [5.41, 5.74) is 1.32. The first-order valence-corrected chi connectivity index (χ1v) is 14.0. The van der Waals surface area contributed by atoms with Gasteiger partial charge in [0, 0.05) is 55.8 Å². The largest absolute Gasteiger partial charge is 0.301 e. The lowest BCUT2D eigenvalue weighted by atomic mass is 9.72. The van der Waals surface area contributed by atoms with E-state index in [0.29, 0.717) is 10.8 Å². The summed E-state index contributed by atoms with van der Waals surface area (Å²) in [5, 5.41) is 0. The Morgan fingerprint density at radius 3 is 1.22 bits per heavy atom. The minimum Gasteiger partial charge on any atom is -0.301 e. The molecule has 32 heavy (non-hydrogen) atoms. The summed E-state index contributed by atoms with van der Waals surface area (Å²) in [6.07, 6.45) is 8.61. The minimum absolute atomic E-state index is 0.660. The molecule has 4 aliphatic heterocycles. The number of nitrogens with zero attached hydrogens (tertiary/aromatic N) is 4. The second-order valence-corrected chi connectivity index (χ2v) is 13.0. The van der Waals surface area contributed by atoms with Crippen molar-refractivity contribution < 1.29 is 0 Å². The number of hydrogen-bond acceptors (Lipinski definition) is 4. The van der Waals surface area contributed by atoms with Crippen LogP contribution in [0.4, 0.5) is 0 Å². The average Bonchev–Trinajstić information content (AvgIpc) is 2.72. The fourth-order valence-electron chi connectivity index (χ4n) is 6.74. The number of hydrogen-bond donors (Lipinski definition) is 0. The highest BCUT2D eigenvalue weighted by molar-refractivity contribution is 5.00. The molecule has 4 nitrogen and oxygen atoms in total. The van der Waals surface area contributed by atoms with Crippen LogP contribution in [0.5, 0.6) is 0 Å². The maximum atomic E-state index is 2.70. The first-order valence-electron chi connectivity index (χ1n) is 14.0. The minimum atomic E-state index is 0.660. The molecule has 4 rings (SSSR count). The molecule has 4 fully saturated rings. The van der Waals surface area contributed by atoms with Crippen LogP contribution in [0.25, 0.3) is 0 Å². The zero-order valence-electron chi connectivity index (χ0n) is 23.0. The Labute approximate surface area is 201 Å². The summed E-state index contributed by atoms with van der Waals surface area (Å²) >= 11 is 0. The second kappa shape index (κ2) is 11.1. The third-order valence-electron chi connectivity index (χ3n) is 9.24. The van der Waals surface area contributed by atoms with E-state index in [1.54, 1.807) is 0 Å². The molecule has 0 saturated carbocycles. The van der Waals surface area contributed by atoms with Crippen LogP contribution >= 0.6 is 0 Å². The van der Waals surface area contributed by atoms with Crippen molar-refractivity contribution in [3.8, 4) is 0 Å². The fourth-order valence-corrected chi connectivity index (χ4v) is 6.74. The highest BCUT2D eigenvalue weighted by Gasteiger charge is 2.46. The predicted octanol–water partition coefficient (Wildman–Crippen LogP) is 5.18. The van der Waals surface area contributed by atoms with Crippen LogP contribution in [0.1, 0.15) is 93.9 Å². The van der Waals surface area contributed by atoms with Crippen molar-refractivity contribution in [2.24, 2.45) is 10.8 Å². The van der Waals surface area contributed by atoms with Crippen LogP contribution in [0, 0.1) is 10.8 Å². The van der Waals surface area contributed by atoms with Crippen molar-refractivity contribution in [3.63, 3.8) is 0 Å². The third kappa shape index (κ3) is 6.49. The van der Waals surface area contributed by atoms with Gasteiger partial charge in [-0.05, 0) is 126 Å². The lowest BCUT2D eigenvalue weighted by Crippen LogP contribution is -2.64. The van der Waals surface area contributed by atoms with Crippen molar-refractivity contribution in [2.45, 2.75) is 118 Å². The summed E-state index contributed by atoms with van der Waals surface area (Å²) < 4.78 is 0. The SMILES string of the molecule is CC(C)N1CCC2(CCCN(C(C)C)C2)CC1.CC(C)N1CCCC2(C1)CN(C(C)C)C2. The van der Waals surface area contributed by atoms with Crippen molar-refractivity contribution >= 4 is 0 Å². The topological polar surface area (TPSA) is 13.0 Å². The predicted molar refractivity (Wildman–Crippen MR) is 139 cm³/mol. The standard InChI is InChI=1S/C15H30N2.C13H26N2/c1-13(2)16-10-7-15(8-11-16)6-5-9-17(12-15)14(3)4;1-11(2)14-7-5-6-13(8-14)9-15(10-13)12(3)4/h13-14H,5-12H2,1-4H3;11-12H,5-10H2,1-4H3. The molecule has 0 radical (unpaired) electrons. The Bertz CT molecular complexity index is 556. The molecule has 0 amide bonds. The Kier molecular flexibility index (Phi) is 9.14. The van der Waals surface area contributed by atoms with Crippen LogP contribution in [0.15, 0.2) is 0 Å². The highest BCUT2D eigenvalue weighted by Crippen LogP contribution is 2.41. The Morgan fingerprint density at radius 1 is 0.406 bits per heavy atom. The summed E-state index contributed by atoms with van der Waals surface area (Å²) in [5.74, 6) is 0. The monoisotopic (exact) mass is 448 g/mol. The van der Waals surface area contributed by atoms with E-state index in [1.165, 1.54) is 90.9 Å². The molecular weight excluding hydrogens is 392 g/mol.